The zero-order chi connectivity index (χ0) is 17.7. The normalized spacial score (nSPS) is 17.6. The Morgan fingerprint density at radius 1 is 1.32 bits per heavy atom. The lowest BCUT2D eigenvalue weighted by Gasteiger charge is -2.23. The van der Waals surface area contributed by atoms with E-state index in [9.17, 15) is 9.59 Å². The van der Waals surface area contributed by atoms with Crippen molar-refractivity contribution >= 4 is 11.6 Å². The fourth-order valence-corrected chi connectivity index (χ4v) is 3.46. The molecule has 25 heavy (non-hydrogen) atoms. The number of fused-ring (bicyclic) bond motifs is 1. The van der Waals surface area contributed by atoms with Crippen molar-refractivity contribution in [3.8, 4) is 0 Å². The summed E-state index contributed by atoms with van der Waals surface area (Å²) in [6.45, 7) is 6.12. The summed E-state index contributed by atoms with van der Waals surface area (Å²) in [6.07, 6.45) is 3.34. The third-order valence-corrected chi connectivity index (χ3v) is 5.04. The largest absolute Gasteiger partial charge is 0.330 e. The highest BCUT2D eigenvalue weighted by molar-refractivity contribution is 5.95. The highest BCUT2D eigenvalue weighted by atomic mass is 16.2. The quantitative estimate of drug-likeness (QED) is 0.741. The van der Waals surface area contributed by atoms with Crippen LogP contribution >= 0.6 is 0 Å². The molecule has 1 fully saturated rings. The summed E-state index contributed by atoms with van der Waals surface area (Å²) in [7, 11) is 0. The van der Waals surface area contributed by atoms with Crippen LogP contribution in [-0.2, 0) is 0 Å². The van der Waals surface area contributed by atoms with Gasteiger partial charge in [-0.3, -0.25) is 19.8 Å². The van der Waals surface area contributed by atoms with Gasteiger partial charge in [0.25, 0.3) is 11.5 Å². The molecule has 2 N–H and O–H groups in total. The fourth-order valence-electron chi connectivity index (χ4n) is 3.46. The van der Waals surface area contributed by atoms with Crippen molar-refractivity contribution in [3.05, 3.63) is 50.8 Å². The molecule has 0 bridgehead atoms. The molecule has 1 atom stereocenters. The number of aryl methyl sites for hydroxylation is 2. The first-order chi connectivity index (χ1) is 12.0. The number of carbonyl (C=O) groups is 1. The second kappa shape index (κ2) is 5.58. The van der Waals surface area contributed by atoms with Crippen molar-refractivity contribution < 1.29 is 4.79 Å². The van der Waals surface area contributed by atoms with Gasteiger partial charge >= 0.3 is 0 Å². The lowest BCUT2D eigenvalue weighted by molar-refractivity contribution is 0.0732. The van der Waals surface area contributed by atoms with E-state index in [2.05, 4.69) is 20.3 Å². The Morgan fingerprint density at radius 2 is 2.12 bits per heavy atom. The number of hydrogen-bond acceptors (Lipinski definition) is 4. The summed E-state index contributed by atoms with van der Waals surface area (Å²) < 4.78 is 1.46. The van der Waals surface area contributed by atoms with Crippen molar-refractivity contribution in [2.45, 2.75) is 39.7 Å². The molecule has 130 valence electrons. The van der Waals surface area contributed by atoms with Crippen LogP contribution in [0.4, 0.5) is 0 Å². The molecular weight excluding hydrogens is 320 g/mol. The number of likely N-dealkylation sites (tertiary alicyclic amines) is 1. The summed E-state index contributed by atoms with van der Waals surface area (Å²) in [4.78, 5) is 31.6. The highest BCUT2D eigenvalue weighted by Crippen LogP contribution is 2.32. The Labute approximate surface area is 143 Å². The van der Waals surface area contributed by atoms with Crippen LogP contribution in [0.15, 0.2) is 17.1 Å². The number of H-pyrrole nitrogens is 2. The van der Waals surface area contributed by atoms with Crippen molar-refractivity contribution in [2.24, 2.45) is 0 Å². The topological polar surface area (TPSA) is 99.2 Å². The molecular formula is C17H20N6O2. The maximum absolute atomic E-state index is 12.9. The van der Waals surface area contributed by atoms with E-state index in [0.717, 1.165) is 29.9 Å². The Morgan fingerprint density at radius 3 is 2.84 bits per heavy atom. The van der Waals surface area contributed by atoms with Gasteiger partial charge in [0.1, 0.15) is 0 Å². The SMILES string of the molecule is Cc1nc2cc([C@@H]3CCCN3C(=O)c3cn[nH]c3C)[nH]n2c(=O)c1C. The number of nitrogens with zero attached hydrogens (tertiary/aromatic N) is 4. The molecule has 8 nitrogen and oxygen atoms in total. The van der Waals surface area contributed by atoms with E-state index in [0.29, 0.717) is 23.3 Å². The minimum Gasteiger partial charge on any atom is -0.330 e. The first-order valence-electron chi connectivity index (χ1n) is 8.37. The van der Waals surface area contributed by atoms with Crippen LogP contribution in [0.5, 0.6) is 0 Å². The molecule has 1 amide bonds. The zero-order valence-corrected chi connectivity index (χ0v) is 14.5. The van der Waals surface area contributed by atoms with E-state index in [-0.39, 0.29) is 17.5 Å². The lowest BCUT2D eigenvalue weighted by atomic mass is 10.1. The van der Waals surface area contributed by atoms with Gasteiger partial charge in [-0.05, 0) is 33.6 Å². The summed E-state index contributed by atoms with van der Waals surface area (Å²) in [5.41, 5.74) is 4.02. The molecule has 8 heteroatoms. The van der Waals surface area contributed by atoms with Gasteiger partial charge in [-0.2, -0.15) is 5.10 Å². The smallest absolute Gasteiger partial charge is 0.275 e. The molecule has 1 aliphatic rings. The second-order valence-electron chi connectivity index (χ2n) is 6.60. The van der Waals surface area contributed by atoms with Gasteiger partial charge in [-0.25, -0.2) is 9.50 Å². The van der Waals surface area contributed by atoms with E-state index >= 15 is 0 Å². The number of hydrogen-bond donors (Lipinski definition) is 2. The molecule has 0 aliphatic carbocycles. The first kappa shape index (κ1) is 15.6. The monoisotopic (exact) mass is 340 g/mol. The third kappa shape index (κ3) is 2.36. The standard InChI is InChI=1S/C17H20N6O2/c1-9-10(2)19-15-7-13(21-23(15)16(9)24)14-5-4-6-22(14)17(25)12-8-18-20-11(12)3/h7-8,14,21H,4-6H2,1-3H3,(H,18,20)/t14-/m0/s1. The lowest BCUT2D eigenvalue weighted by Crippen LogP contribution is -2.31. The van der Waals surface area contributed by atoms with Gasteiger partial charge in [0, 0.05) is 29.6 Å². The van der Waals surface area contributed by atoms with E-state index in [1.807, 2.05) is 24.8 Å². The number of rotatable bonds is 2. The van der Waals surface area contributed by atoms with Gasteiger partial charge in [-0.15, -0.1) is 0 Å². The Hall–Kier alpha value is -2.90. The van der Waals surface area contributed by atoms with Crippen LogP contribution in [0, 0.1) is 20.8 Å². The summed E-state index contributed by atoms with van der Waals surface area (Å²) in [5.74, 6) is -0.0416. The highest BCUT2D eigenvalue weighted by Gasteiger charge is 2.33. The molecule has 3 aromatic rings. The average molecular weight is 340 g/mol. The predicted molar refractivity (Wildman–Crippen MR) is 91.6 cm³/mol. The molecule has 0 spiro atoms. The Bertz CT molecular complexity index is 1030. The van der Waals surface area contributed by atoms with Gasteiger partial charge in [0.2, 0.25) is 0 Å². The number of nitrogens with one attached hydrogen (secondary N) is 2. The van der Waals surface area contributed by atoms with Crippen LogP contribution in [0.3, 0.4) is 0 Å². The molecule has 1 aliphatic heterocycles. The zero-order valence-electron chi connectivity index (χ0n) is 14.5. The molecule has 1 saturated heterocycles. The van der Waals surface area contributed by atoms with E-state index < -0.39 is 0 Å². The molecule has 0 saturated carbocycles. The van der Waals surface area contributed by atoms with Gasteiger partial charge in [0.15, 0.2) is 5.65 Å². The molecule has 0 aromatic carbocycles. The van der Waals surface area contributed by atoms with Crippen LogP contribution in [0.25, 0.3) is 5.65 Å². The summed E-state index contributed by atoms with van der Waals surface area (Å²) >= 11 is 0. The maximum atomic E-state index is 12.9. The van der Waals surface area contributed by atoms with Crippen LogP contribution in [0.2, 0.25) is 0 Å². The molecule has 4 heterocycles. The predicted octanol–water partition coefficient (Wildman–Crippen LogP) is 1.65. The summed E-state index contributed by atoms with van der Waals surface area (Å²) in [5, 5.41) is 9.89. The van der Waals surface area contributed by atoms with Crippen LogP contribution < -0.4 is 5.56 Å². The maximum Gasteiger partial charge on any atom is 0.275 e. The number of aromatic amines is 2. The minimum absolute atomic E-state index is 0.0416. The van der Waals surface area contributed by atoms with Crippen LogP contribution in [0.1, 0.15) is 51.9 Å². The van der Waals surface area contributed by atoms with E-state index in [1.165, 1.54) is 4.52 Å². The van der Waals surface area contributed by atoms with Gasteiger partial charge in [-0.1, -0.05) is 0 Å². The van der Waals surface area contributed by atoms with Crippen molar-refractivity contribution in [1.82, 2.24) is 29.7 Å². The third-order valence-electron chi connectivity index (χ3n) is 5.04. The first-order valence-corrected chi connectivity index (χ1v) is 8.37. The minimum atomic E-state index is -0.102. The summed E-state index contributed by atoms with van der Waals surface area (Å²) in [6, 6.07) is 1.77. The Balaban J connectivity index is 1.75. The average Bonchev–Trinajstić information content (AvgIpc) is 3.30. The van der Waals surface area contributed by atoms with Crippen molar-refractivity contribution in [1.29, 1.82) is 0 Å². The van der Waals surface area contributed by atoms with E-state index in [4.69, 9.17) is 0 Å². The van der Waals surface area contributed by atoms with Crippen molar-refractivity contribution in [3.63, 3.8) is 0 Å². The van der Waals surface area contributed by atoms with Gasteiger partial charge in [0.05, 0.1) is 23.5 Å². The molecule has 4 rings (SSSR count). The Kier molecular flexibility index (Phi) is 3.48. The fraction of sp³-hybridized carbons (Fsp3) is 0.412. The van der Waals surface area contributed by atoms with Crippen molar-refractivity contribution in [2.75, 3.05) is 6.54 Å². The van der Waals surface area contributed by atoms with E-state index in [1.54, 1.807) is 13.1 Å². The number of amides is 1. The molecule has 0 unspecified atom stereocenters. The second-order valence-corrected chi connectivity index (χ2v) is 6.60. The number of carbonyl (C=O) groups excluding carboxylic acids is 1. The molecule has 0 radical (unpaired) electrons. The van der Waals surface area contributed by atoms with Crippen LogP contribution in [-0.4, -0.2) is 42.1 Å². The van der Waals surface area contributed by atoms with Gasteiger partial charge < -0.3 is 4.90 Å². The molecule has 3 aromatic heterocycles. The number of aromatic nitrogens is 5.